The Balaban J connectivity index is 1.95. The highest BCUT2D eigenvalue weighted by atomic mass is 16.5. The van der Waals surface area contributed by atoms with Gasteiger partial charge in [0.1, 0.15) is 6.04 Å². The number of hydrogen-bond donors (Lipinski definition) is 0. The summed E-state index contributed by atoms with van der Waals surface area (Å²) in [6.45, 7) is 8.93. The standard InChI is InChI=1S/C32H34N2O5/c1-31(2,3)26(34-27(35)23-19-13-14-20-24(23)28(34)36)29(37)33(22-17-11-8-12-18-22)25(21-15-9-7-10-16-21)32(4,5)30(38)39-6/h7-20,25-26H,1-6H3/t25-,26-/m1/s1. The topological polar surface area (TPSA) is 84.0 Å². The first kappa shape index (κ1) is 27.8. The van der Waals surface area contributed by atoms with Crippen molar-refractivity contribution in [2.45, 2.75) is 46.7 Å². The molecule has 0 saturated heterocycles. The van der Waals surface area contributed by atoms with Crippen molar-refractivity contribution in [2.75, 3.05) is 12.0 Å². The average Bonchev–Trinajstić information content (AvgIpc) is 3.16. The first-order valence-corrected chi connectivity index (χ1v) is 12.9. The molecule has 7 heteroatoms. The summed E-state index contributed by atoms with van der Waals surface area (Å²) in [6.07, 6.45) is 0. The van der Waals surface area contributed by atoms with E-state index in [1.807, 2.05) is 57.2 Å². The number of benzene rings is 3. The van der Waals surface area contributed by atoms with Crippen LogP contribution in [0.5, 0.6) is 0 Å². The van der Waals surface area contributed by atoms with E-state index in [1.165, 1.54) is 7.11 Å². The zero-order valence-electron chi connectivity index (χ0n) is 23.2. The third-order valence-corrected chi connectivity index (χ3v) is 7.18. The highest BCUT2D eigenvalue weighted by Crippen LogP contribution is 2.44. The third-order valence-electron chi connectivity index (χ3n) is 7.18. The molecular formula is C32H34N2O5. The predicted molar refractivity (Wildman–Crippen MR) is 149 cm³/mol. The molecular weight excluding hydrogens is 492 g/mol. The fourth-order valence-electron chi connectivity index (χ4n) is 5.33. The Hall–Kier alpha value is -4.26. The van der Waals surface area contributed by atoms with Gasteiger partial charge in [0.25, 0.3) is 17.7 Å². The quantitative estimate of drug-likeness (QED) is 0.293. The molecule has 7 nitrogen and oxygen atoms in total. The van der Waals surface area contributed by atoms with Gasteiger partial charge in [-0.05, 0) is 49.1 Å². The highest BCUT2D eigenvalue weighted by Gasteiger charge is 2.52. The van der Waals surface area contributed by atoms with Crippen molar-refractivity contribution in [1.82, 2.24) is 4.90 Å². The summed E-state index contributed by atoms with van der Waals surface area (Å²) in [5.41, 5.74) is -0.268. The van der Waals surface area contributed by atoms with Gasteiger partial charge in [-0.15, -0.1) is 0 Å². The van der Waals surface area contributed by atoms with Gasteiger partial charge in [0.15, 0.2) is 0 Å². The Morgan fingerprint density at radius 1 is 0.744 bits per heavy atom. The van der Waals surface area contributed by atoms with Crippen LogP contribution in [0.2, 0.25) is 0 Å². The second kappa shape index (κ2) is 10.5. The van der Waals surface area contributed by atoms with Crippen LogP contribution in [0.4, 0.5) is 5.69 Å². The minimum absolute atomic E-state index is 0.269. The third kappa shape index (κ3) is 4.97. The van der Waals surface area contributed by atoms with Crippen LogP contribution < -0.4 is 4.90 Å². The molecule has 0 bridgehead atoms. The molecule has 1 heterocycles. The second-order valence-corrected chi connectivity index (χ2v) is 11.4. The van der Waals surface area contributed by atoms with Crippen molar-refractivity contribution in [3.8, 4) is 0 Å². The number of rotatable bonds is 7. The highest BCUT2D eigenvalue weighted by molar-refractivity contribution is 6.23. The van der Waals surface area contributed by atoms with Crippen molar-refractivity contribution >= 4 is 29.4 Å². The Morgan fingerprint density at radius 3 is 1.67 bits per heavy atom. The zero-order valence-corrected chi connectivity index (χ0v) is 23.2. The molecule has 4 rings (SSSR count). The molecule has 39 heavy (non-hydrogen) atoms. The van der Waals surface area contributed by atoms with Crippen LogP contribution in [-0.4, -0.2) is 41.7 Å². The minimum atomic E-state index is -1.20. The summed E-state index contributed by atoms with van der Waals surface area (Å²) in [6, 6.07) is 22.9. The minimum Gasteiger partial charge on any atom is -0.469 e. The van der Waals surface area contributed by atoms with Crippen molar-refractivity contribution in [2.24, 2.45) is 10.8 Å². The van der Waals surface area contributed by atoms with E-state index in [-0.39, 0.29) is 11.1 Å². The number of carbonyl (C=O) groups is 4. The molecule has 3 aromatic carbocycles. The molecule has 2 atom stereocenters. The molecule has 3 aromatic rings. The Morgan fingerprint density at radius 2 is 1.21 bits per heavy atom. The summed E-state index contributed by atoms with van der Waals surface area (Å²) in [5.74, 6) is -2.01. The summed E-state index contributed by atoms with van der Waals surface area (Å²) < 4.78 is 5.19. The van der Waals surface area contributed by atoms with E-state index >= 15 is 0 Å². The molecule has 0 radical (unpaired) electrons. The fraction of sp³-hybridized carbons (Fsp3) is 0.312. The summed E-state index contributed by atoms with van der Waals surface area (Å²) >= 11 is 0. The van der Waals surface area contributed by atoms with Gasteiger partial charge in [-0.3, -0.25) is 24.1 Å². The number of amides is 3. The number of fused-ring (bicyclic) bond motifs is 1. The Labute approximate surface area is 229 Å². The number of esters is 1. The van der Waals surface area contributed by atoms with Gasteiger partial charge in [0.2, 0.25) is 0 Å². The molecule has 0 fully saturated rings. The van der Waals surface area contributed by atoms with E-state index in [9.17, 15) is 19.2 Å². The van der Waals surface area contributed by atoms with E-state index in [2.05, 4.69) is 0 Å². The van der Waals surface area contributed by atoms with Crippen LogP contribution in [0.3, 0.4) is 0 Å². The Bertz CT molecular complexity index is 1360. The SMILES string of the molecule is COC(=O)C(C)(C)[C@@H](c1ccccc1)N(C(=O)[C@@H](N1C(=O)c2ccccc2C1=O)C(C)(C)C)c1ccccc1. The lowest BCUT2D eigenvalue weighted by atomic mass is 9.77. The van der Waals surface area contributed by atoms with Crippen LogP contribution in [0.15, 0.2) is 84.9 Å². The predicted octanol–water partition coefficient (Wildman–Crippen LogP) is 5.67. The van der Waals surface area contributed by atoms with Crippen molar-refractivity contribution in [3.63, 3.8) is 0 Å². The molecule has 202 valence electrons. The molecule has 0 spiro atoms. The van der Waals surface area contributed by atoms with Crippen LogP contribution in [0.25, 0.3) is 0 Å². The molecule has 0 aromatic heterocycles. The molecule has 0 unspecified atom stereocenters. The largest absolute Gasteiger partial charge is 0.469 e. The van der Waals surface area contributed by atoms with E-state index in [0.717, 1.165) is 4.90 Å². The van der Waals surface area contributed by atoms with Crippen molar-refractivity contribution in [3.05, 3.63) is 102 Å². The number of carbonyl (C=O) groups excluding carboxylic acids is 4. The summed E-state index contributed by atoms with van der Waals surface area (Å²) in [5, 5.41) is 0. The second-order valence-electron chi connectivity index (χ2n) is 11.4. The lowest BCUT2D eigenvalue weighted by Gasteiger charge is -2.45. The van der Waals surface area contributed by atoms with Gasteiger partial charge in [0.05, 0.1) is 29.7 Å². The van der Waals surface area contributed by atoms with E-state index in [1.54, 1.807) is 67.3 Å². The number of para-hydroxylation sites is 1. The fourth-order valence-corrected chi connectivity index (χ4v) is 5.33. The number of methoxy groups -OCH3 is 1. The lowest BCUT2D eigenvalue weighted by molar-refractivity contribution is -0.152. The first-order valence-electron chi connectivity index (χ1n) is 12.9. The van der Waals surface area contributed by atoms with Gasteiger partial charge in [-0.2, -0.15) is 0 Å². The maximum Gasteiger partial charge on any atom is 0.313 e. The van der Waals surface area contributed by atoms with E-state index in [0.29, 0.717) is 11.3 Å². The maximum atomic E-state index is 14.9. The van der Waals surface area contributed by atoms with E-state index < -0.39 is 46.6 Å². The van der Waals surface area contributed by atoms with Crippen LogP contribution >= 0.6 is 0 Å². The number of ether oxygens (including phenoxy) is 1. The molecule has 0 saturated carbocycles. The molecule has 1 aliphatic rings. The number of nitrogens with zero attached hydrogens (tertiary/aromatic N) is 2. The molecule has 0 aliphatic carbocycles. The van der Waals surface area contributed by atoms with Crippen LogP contribution in [0, 0.1) is 10.8 Å². The van der Waals surface area contributed by atoms with Crippen molar-refractivity contribution in [1.29, 1.82) is 0 Å². The summed E-state index contributed by atoms with van der Waals surface area (Å²) in [4.78, 5) is 58.0. The molecule has 0 N–H and O–H groups in total. The number of hydrogen-bond acceptors (Lipinski definition) is 5. The molecule has 3 amide bonds. The number of imide groups is 1. The van der Waals surface area contributed by atoms with Gasteiger partial charge >= 0.3 is 5.97 Å². The first-order chi connectivity index (χ1) is 18.4. The van der Waals surface area contributed by atoms with E-state index in [4.69, 9.17) is 4.74 Å². The van der Waals surface area contributed by atoms with Gasteiger partial charge < -0.3 is 9.64 Å². The lowest BCUT2D eigenvalue weighted by Crippen LogP contribution is -2.59. The zero-order chi connectivity index (χ0) is 28.5. The van der Waals surface area contributed by atoms with Crippen LogP contribution in [0.1, 0.15) is 66.9 Å². The van der Waals surface area contributed by atoms with Gasteiger partial charge in [-0.25, -0.2) is 0 Å². The van der Waals surface area contributed by atoms with Gasteiger partial charge in [-0.1, -0.05) is 81.4 Å². The average molecular weight is 527 g/mol. The Kier molecular flexibility index (Phi) is 7.46. The van der Waals surface area contributed by atoms with Gasteiger partial charge in [0, 0.05) is 5.69 Å². The smallest absolute Gasteiger partial charge is 0.313 e. The normalized spacial score (nSPS) is 15.0. The molecule has 1 aliphatic heterocycles. The maximum absolute atomic E-state index is 14.9. The monoisotopic (exact) mass is 526 g/mol. The van der Waals surface area contributed by atoms with Crippen LogP contribution in [-0.2, 0) is 14.3 Å². The van der Waals surface area contributed by atoms with Crippen molar-refractivity contribution < 1.29 is 23.9 Å². The summed E-state index contributed by atoms with van der Waals surface area (Å²) in [7, 11) is 1.32. The number of anilines is 1.